The third-order valence-electron chi connectivity index (χ3n) is 5.04. The Morgan fingerprint density at radius 3 is 1.44 bits per heavy atom. The minimum Gasteiger partial charge on any atom is -0.393 e. The number of hydrogen-bond acceptors (Lipinski definition) is 2. The number of aliphatic hydroxyl groups excluding tert-OH is 2. The molecule has 16 heavy (non-hydrogen) atoms. The predicted molar refractivity (Wildman–Crippen MR) is 65.0 cm³/mol. The summed E-state index contributed by atoms with van der Waals surface area (Å²) in [5.41, 5.74) is 0. The fourth-order valence-electron chi connectivity index (χ4n) is 4.30. The maximum absolute atomic E-state index is 9.85. The molecule has 2 rings (SSSR count). The monoisotopic (exact) mass is 226 g/mol. The van der Waals surface area contributed by atoms with Crippen LogP contribution in [0.15, 0.2) is 0 Å². The Morgan fingerprint density at radius 2 is 1.12 bits per heavy atom. The van der Waals surface area contributed by atoms with E-state index in [1.807, 2.05) is 13.8 Å². The van der Waals surface area contributed by atoms with Crippen LogP contribution in [0.2, 0.25) is 0 Å². The molecule has 0 saturated heterocycles. The highest BCUT2D eigenvalue weighted by molar-refractivity contribution is 4.92. The van der Waals surface area contributed by atoms with Crippen molar-refractivity contribution in [2.24, 2.45) is 23.7 Å². The molecule has 0 bridgehead atoms. The van der Waals surface area contributed by atoms with Gasteiger partial charge in [0.1, 0.15) is 0 Å². The van der Waals surface area contributed by atoms with Crippen molar-refractivity contribution in [3.8, 4) is 0 Å². The summed E-state index contributed by atoms with van der Waals surface area (Å²) in [5, 5.41) is 19.7. The fraction of sp³-hybridized carbons (Fsp3) is 1.00. The maximum atomic E-state index is 9.85. The van der Waals surface area contributed by atoms with Crippen molar-refractivity contribution in [1.29, 1.82) is 0 Å². The summed E-state index contributed by atoms with van der Waals surface area (Å²) in [6.45, 7) is 3.88. The summed E-state index contributed by atoms with van der Waals surface area (Å²) < 4.78 is 0. The second kappa shape index (κ2) is 5.05. The molecule has 2 aliphatic carbocycles. The highest BCUT2D eigenvalue weighted by Gasteiger charge is 2.42. The van der Waals surface area contributed by atoms with Gasteiger partial charge in [-0.3, -0.25) is 0 Å². The summed E-state index contributed by atoms with van der Waals surface area (Å²) in [6, 6.07) is 0. The quantitative estimate of drug-likeness (QED) is 0.776. The van der Waals surface area contributed by atoms with Crippen LogP contribution in [0.4, 0.5) is 0 Å². The summed E-state index contributed by atoms with van der Waals surface area (Å²) in [7, 11) is 0. The lowest BCUT2D eigenvalue weighted by molar-refractivity contribution is 0.0376. The highest BCUT2D eigenvalue weighted by Crippen LogP contribution is 2.48. The maximum Gasteiger partial charge on any atom is 0.0543 e. The molecule has 94 valence electrons. The van der Waals surface area contributed by atoms with Gasteiger partial charge < -0.3 is 10.2 Å². The topological polar surface area (TPSA) is 40.5 Å². The van der Waals surface area contributed by atoms with E-state index in [2.05, 4.69) is 0 Å². The second-order valence-corrected chi connectivity index (χ2v) is 6.00. The predicted octanol–water partition coefficient (Wildman–Crippen LogP) is 2.58. The first-order chi connectivity index (χ1) is 7.61. The van der Waals surface area contributed by atoms with E-state index >= 15 is 0 Å². The summed E-state index contributed by atoms with van der Waals surface area (Å²) in [4.78, 5) is 0. The minimum absolute atomic E-state index is 0.164. The van der Waals surface area contributed by atoms with E-state index in [4.69, 9.17) is 0 Å². The zero-order chi connectivity index (χ0) is 11.7. The van der Waals surface area contributed by atoms with Crippen molar-refractivity contribution < 1.29 is 10.2 Å². The van der Waals surface area contributed by atoms with Gasteiger partial charge in [0.2, 0.25) is 0 Å². The lowest BCUT2D eigenvalue weighted by Crippen LogP contribution is -2.32. The first-order valence-electron chi connectivity index (χ1n) is 6.97. The van der Waals surface area contributed by atoms with Crippen LogP contribution in [0.25, 0.3) is 0 Å². The molecule has 0 heterocycles. The van der Waals surface area contributed by atoms with Gasteiger partial charge >= 0.3 is 0 Å². The fourth-order valence-corrected chi connectivity index (χ4v) is 4.30. The van der Waals surface area contributed by atoms with Crippen molar-refractivity contribution in [3.05, 3.63) is 0 Å². The number of hydrogen-bond donors (Lipinski definition) is 2. The van der Waals surface area contributed by atoms with Crippen LogP contribution in [-0.4, -0.2) is 22.4 Å². The average Bonchev–Trinajstić information content (AvgIpc) is 2.85. The van der Waals surface area contributed by atoms with E-state index in [1.165, 1.54) is 38.5 Å². The van der Waals surface area contributed by atoms with Crippen LogP contribution in [0.1, 0.15) is 52.4 Å². The highest BCUT2D eigenvalue weighted by atomic mass is 16.3. The van der Waals surface area contributed by atoms with Crippen molar-refractivity contribution in [3.63, 3.8) is 0 Å². The van der Waals surface area contributed by atoms with E-state index in [-0.39, 0.29) is 12.2 Å². The molecular formula is C14H26O2. The zero-order valence-electron chi connectivity index (χ0n) is 10.6. The minimum atomic E-state index is -0.164. The zero-order valence-corrected chi connectivity index (χ0v) is 10.6. The van der Waals surface area contributed by atoms with Crippen LogP contribution in [-0.2, 0) is 0 Å². The molecule has 0 radical (unpaired) electrons. The van der Waals surface area contributed by atoms with Crippen molar-refractivity contribution >= 4 is 0 Å². The van der Waals surface area contributed by atoms with Crippen molar-refractivity contribution in [2.75, 3.05) is 0 Å². The SMILES string of the molecule is CC(O)C1CCCC1C1CCCC1C(C)O. The van der Waals surface area contributed by atoms with Crippen LogP contribution in [0.3, 0.4) is 0 Å². The molecule has 0 aromatic rings. The van der Waals surface area contributed by atoms with Crippen LogP contribution in [0.5, 0.6) is 0 Å². The Morgan fingerprint density at radius 1 is 0.750 bits per heavy atom. The van der Waals surface area contributed by atoms with Gasteiger partial charge in [-0.2, -0.15) is 0 Å². The van der Waals surface area contributed by atoms with Gasteiger partial charge in [-0.05, 0) is 63.2 Å². The van der Waals surface area contributed by atoms with Crippen LogP contribution < -0.4 is 0 Å². The molecule has 0 aromatic heterocycles. The lowest BCUT2D eigenvalue weighted by Gasteiger charge is -2.33. The Bertz CT molecular complexity index is 201. The van der Waals surface area contributed by atoms with Gasteiger partial charge in [0.05, 0.1) is 12.2 Å². The van der Waals surface area contributed by atoms with E-state index < -0.39 is 0 Å². The van der Waals surface area contributed by atoms with Gasteiger partial charge in [0.25, 0.3) is 0 Å². The Labute approximate surface area is 99.1 Å². The molecule has 6 unspecified atom stereocenters. The molecule has 0 aliphatic heterocycles. The normalized spacial score (nSPS) is 43.5. The van der Waals surface area contributed by atoms with E-state index in [1.54, 1.807) is 0 Å². The van der Waals surface area contributed by atoms with Gasteiger partial charge in [0, 0.05) is 0 Å². The third kappa shape index (κ3) is 2.28. The lowest BCUT2D eigenvalue weighted by atomic mass is 9.75. The first kappa shape index (κ1) is 12.4. The van der Waals surface area contributed by atoms with E-state index in [0.29, 0.717) is 23.7 Å². The summed E-state index contributed by atoms with van der Waals surface area (Å²) in [5.74, 6) is 2.32. The molecule has 2 N–H and O–H groups in total. The summed E-state index contributed by atoms with van der Waals surface area (Å²) >= 11 is 0. The van der Waals surface area contributed by atoms with Gasteiger partial charge in [-0.1, -0.05) is 12.8 Å². The van der Waals surface area contributed by atoms with Gasteiger partial charge in [0.15, 0.2) is 0 Å². The molecular weight excluding hydrogens is 200 g/mol. The van der Waals surface area contributed by atoms with Gasteiger partial charge in [-0.25, -0.2) is 0 Å². The smallest absolute Gasteiger partial charge is 0.0543 e. The molecule has 2 saturated carbocycles. The van der Waals surface area contributed by atoms with E-state index in [9.17, 15) is 10.2 Å². The van der Waals surface area contributed by atoms with Crippen LogP contribution >= 0.6 is 0 Å². The van der Waals surface area contributed by atoms with Crippen molar-refractivity contribution in [2.45, 2.75) is 64.6 Å². The third-order valence-corrected chi connectivity index (χ3v) is 5.04. The molecule has 0 spiro atoms. The molecule has 0 aromatic carbocycles. The molecule has 0 amide bonds. The van der Waals surface area contributed by atoms with E-state index in [0.717, 1.165) is 0 Å². The van der Waals surface area contributed by atoms with Crippen LogP contribution in [0, 0.1) is 23.7 Å². The Kier molecular flexibility index (Phi) is 3.91. The van der Waals surface area contributed by atoms with Crippen molar-refractivity contribution in [1.82, 2.24) is 0 Å². The second-order valence-electron chi connectivity index (χ2n) is 6.00. The van der Waals surface area contributed by atoms with Gasteiger partial charge in [-0.15, -0.1) is 0 Å². The molecule has 2 aliphatic rings. The Hall–Kier alpha value is -0.0800. The average molecular weight is 226 g/mol. The molecule has 2 fully saturated rings. The molecule has 2 nitrogen and oxygen atoms in total. The summed E-state index contributed by atoms with van der Waals surface area (Å²) in [6.07, 6.45) is 7.11. The standard InChI is InChI=1S/C14H26O2/c1-9(15)11-5-3-7-13(11)14-8-4-6-12(14)10(2)16/h9-16H,3-8H2,1-2H3. The first-order valence-corrected chi connectivity index (χ1v) is 6.97. The largest absolute Gasteiger partial charge is 0.393 e. The molecule has 2 heteroatoms. The number of aliphatic hydroxyl groups is 2. The molecule has 6 atom stereocenters. The Balaban J connectivity index is 2.05. The number of rotatable bonds is 3.